The minimum atomic E-state index is -0.465. The fourth-order valence-electron chi connectivity index (χ4n) is 0.844. The lowest BCUT2D eigenvalue weighted by Gasteiger charge is -2.22. The molecule has 0 amide bonds. The Morgan fingerprint density at radius 1 is 1.43 bits per heavy atom. The lowest BCUT2D eigenvalue weighted by molar-refractivity contribution is -0.156. The quantitative estimate of drug-likeness (QED) is 0.504. The van der Waals surface area contributed by atoms with Gasteiger partial charge in [0.05, 0.1) is 5.41 Å². The average Bonchev–Trinajstić information content (AvgIpc) is 2.14. The summed E-state index contributed by atoms with van der Waals surface area (Å²) in [6, 6.07) is 0. The molecule has 0 aromatic carbocycles. The lowest BCUT2D eigenvalue weighted by Crippen LogP contribution is -2.28. The SMILES string of the molecule is CCCCC(Cl)OC(=O)C(C)(C)CC. The first-order valence-corrected chi connectivity index (χ1v) is 5.72. The first kappa shape index (κ1) is 13.8. The van der Waals surface area contributed by atoms with Crippen LogP contribution in [0.4, 0.5) is 0 Å². The molecule has 0 aliphatic carbocycles. The summed E-state index contributed by atoms with van der Waals surface area (Å²) in [6.07, 6.45) is 3.57. The van der Waals surface area contributed by atoms with Gasteiger partial charge in [0.15, 0.2) is 5.56 Å². The predicted octanol–water partition coefficient (Wildman–Crippen LogP) is 3.72. The maximum absolute atomic E-state index is 11.6. The maximum Gasteiger partial charge on any atom is 0.312 e. The van der Waals surface area contributed by atoms with Gasteiger partial charge in [-0.25, -0.2) is 0 Å². The van der Waals surface area contributed by atoms with Gasteiger partial charge in [-0.05, 0) is 33.1 Å². The van der Waals surface area contributed by atoms with Crippen LogP contribution in [0.2, 0.25) is 0 Å². The molecule has 0 saturated carbocycles. The molecule has 0 aliphatic rings. The van der Waals surface area contributed by atoms with Crippen LogP contribution in [-0.4, -0.2) is 11.5 Å². The second-order valence-corrected chi connectivity index (χ2v) is 4.68. The number of rotatable bonds is 6. The van der Waals surface area contributed by atoms with E-state index < -0.39 is 11.0 Å². The van der Waals surface area contributed by atoms with Crippen molar-refractivity contribution in [3.8, 4) is 0 Å². The van der Waals surface area contributed by atoms with Crippen molar-refractivity contribution in [3.05, 3.63) is 0 Å². The Morgan fingerprint density at radius 2 is 2.00 bits per heavy atom. The Labute approximate surface area is 92.0 Å². The van der Waals surface area contributed by atoms with Crippen molar-refractivity contribution in [2.75, 3.05) is 0 Å². The lowest BCUT2D eigenvalue weighted by atomic mass is 9.91. The number of carbonyl (C=O) groups is 1. The van der Waals surface area contributed by atoms with Crippen LogP contribution in [0.1, 0.15) is 53.4 Å². The highest BCUT2D eigenvalue weighted by atomic mass is 35.5. The highest BCUT2D eigenvalue weighted by Crippen LogP contribution is 2.23. The van der Waals surface area contributed by atoms with Crippen LogP contribution in [-0.2, 0) is 9.53 Å². The fourth-order valence-corrected chi connectivity index (χ4v) is 1.08. The number of carbonyl (C=O) groups excluding carboxylic acids is 1. The van der Waals surface area contributed by atoms with Crippen molar-refractivity contribution < 1.29 is 9.53 Å². The number of alkyl halides is 1. The fraction of sp³-hybridized carbons (Fsp3) is 0.909. The molecule has 0 aromatic heterocycles. The van der Waals surface area contributed by atoms with Crippen LogP contribution in [0, 0.1) is 5.41 Å². The minimum Gasteiger partial charge on any atom is -0.446 e. The maximum atomic E-state index is 11.6. The van der Waals surface area contributed by atoms with E-state index in [9.17, 15) is 4.79 Å². The van der Waals surface area contributed by atoms with Crippen LogP contribution >= 0.6 is 11.6 Å². The van der Waals surface area contributed by atoms with Crippen molar-refractivity contribution in [2.45, 2.75) is 58.9 Å². The molecule has 2 nitrogen and oxygen atoms in total. The van der Waals surface area contributed by atoms with E-state index in [4.69, 9.17) is 16.3 Å². The molecule has 0 radical (unpaired) electrons. The summed E-state index contributed by atoms with van der Waals surface area (Å²) in [5.74, 6) is -0.198. The molecular weight excluding hydrogens is 200 g/mol. The molecule has 0 heterocycles. The molecule has 14 heavy (non-hydrogen) atoms. The van der Waals surface area contributed by atoms with Gasteiger partial charge < -0.3 is 4.74 Å². The Kier molecular flexibility index (Phi) is 6.17. The number of unbranched alkanes of at least 4 members (excludes halogenated alkanes) is 1. The summed E-state index contributed by atoms with van der Waals surface area (Å²) in [5.41, 5.74) is -0.882. The molecule has 0 saturated heterocycles. The largest absolute Gasteiger partial charge is 0.446 e. The zero-order chi connectivity index (χ0) is 11.2. The van der Waals surface area contributed by atoms with E-state index in [0.29, 0.717) is 0 Å². The summed E-state index contributed by atoms with van der Waals surface area (Å²) in [6.45, 7) is 7.80. The molecular formula is C11H21ClO2. The van der Waals surface area contributed by atoms with Crippen LogP contribution in [0.5, 0.6) is 0 Å². The third kappa shape index (κ3) is 4.85. The smallest absolute Gasteiger partial charge is 0.312 e. The first-order valence-electron chi connectivity index (χ1n) is 5.29. The standard InChI is InChI=1S/C11H21ClO2/c1-5-7-8-9(12)14-10(13)11(3,4)6-2/h9H,5-8H2,1-4H3. The van der Waals surface area contributed by atoms with E-state index in [1.54, 1.807) is 0 Å². The first-order chi connectivity index (χ1) is 6.44. The van der Waals surface area contributed by atoms with Gasteiger partial charge in [-0.1, -0.05) is 31.9 Å². The van der Waals surface area contributed by atoms with Gasteiger partial charge in [-0.15, -0.1) is 0 Å². The molecule has 3 heteroatoms. The topological polar surface area (TPSA) is 26.3 Å². The van der Waals surface area contributed by atoms with Crippen molar-refractivity contribution in [1.29, 1.82) is 0 Å². The van der Waals surface area contributed by atoms with Gasteiger partial charge in [0.25, 0.3) is 0 Å². The van der Waals surface area contributed by atoms with Gasteiger partial charge in [0.2, 0.25) is 0 Å². The Balaban J connectivity index is 3.93. The van der Waals surface area contributed by atoms with Gasteiger partial charge in [0, 0.05) is 0 Å². The van der Waals surface area contributed by atoms with Crippen LogP contribution in [0.15, 0.2) is 0 Å². The molecule has 84 valence electrons. The molecule has 0 aliphatic heterocycles. The molecule has 1 atom stereocenters. The van der Waals surface area contributed by atoms with E-state index in [1.165, 1.54) is 0 Å². The van der Waals surface area contributed by atoms with Gasteiger partial charge in [-0.3, -0.25) is 4.79 Å². The molecule has 0 N–H and O–H groups in total. The molecule has 1 unspecified atom stereocenters. The summed E-state index contributed by atoms with van der Waals surface area (Å²) >= 11 is 5.87. The van der Waals surface area contributed by atoms with Crippen molar-refractivity contribution in [3.63, 3.8) is 0 Å². The van der Waals surface area contributed by atoms with E-state index in [0.717, 1.165) is 25.7 Å². The highest BCUT2D eigenvalue weighted by molar-refractivity contribution is 6.20. The second kappa shape index (κ2) is 6.28. The van der Waals surface area contributed by atoms with E-state index in [-0.39, 0.29) is 5.97 Å². The third-order valence-electron chi connectivity index (χ3n) is 2.46. The van der Waals surface area contributed by atoms with Gasteiger partial charge in [-0.2, -0.15) is 0 Å². The number of halogens is 1. The number of hydrogen-bond donors (Lipinski definition) is 0. The second-order valence-electron chi connectivity index (χ2n) is 4.20. The number of hydrogen-bond acceptors (Lipinski definition) is 2. The van der Waals surface area contributed by atoms with Gasteiger partial charge >= 0.3 is 5.97 Å². The molecule has 0 fully saturated rings. The van der Waals surface area contributed by atoms with Crippen LogP contribution in [0.25, 0.3) is 0 Å². The highest BCUT2D eigenvalue weighted by Gasteiger charge is 2.28. The van der Waals surface area contributed by atoms with Crippen LogP contribution < -0.4 is 0 Å². The third-order valence-corrected chi connectivity index (χ3v) is 2.76. The van der Waals surface area contributed by atoms with E-state index in [1.807, 2.05) is 20.8 Å². The zero-order valence-corrected chi connectivity index (χ0v) is 10.4. The number of esters is 1. The van der Waals surface area contributed by atoms with E-state index in [2.05, 4.69) is 6.92 Å². The minimum absolute atomic E-state index is 0.198. The average molecular weight is 221 g/mol. The van der Waals surface area contributed by atoms with Crippen LogP contribution in [0.3, 0.4) is 0 Å². The Bertz CT molecular complexity index is 178. The van der Waals surface area contributed by atoms with Gasteiger partial charge in [0.1, 0.15) is 0 Å². The van der Waals surface area contributed by atoms with Crippen molar-refractivity contribution >= 4 is 17.6 Å². The summed E-state index contributed by atoms with van der Waals surface area (Å²) < 4.78 is 5.13. The Hall–Kier alpha value is -0.240. The number of ether oxygens (including phenoxy) is 1. The summed E-state index contributed by atoms with van der Waals surface area (Å²) in [5, 5.41) is 0. The van der Waals surface area contributed by atoms with Crippen molar-refractivity contribution in [2.24, 2.45) is 5.41 Å². The predicted molar refractivity (Wildman–Crippen MR) is 59.3 cm³/mol. The van der Waals surface area contributed by atoms with Crippen molar-refractivity contribution in [1.82, 2.24) is 0 Å². The molecule has 0 bridgehead atoms. The summed E-state index contributed by atoms with van der Waals surface area (Å²) in [4.78, 5) is 11.6. The summed E-state index contributed by atoms with van der Waals surface area (Å²) in [7, 11) is 0. The molecule has 0 rings (SSSR count). The monoisotopic (exact) mass is 220 g/mol. The normalized spacial score (nSPS) is 13.8. The molecule has 0 aromatic rings. The molecule has 0 spiro atoms. The van der Waals surface area contributed by atoms with E-state index >= 15 is 0 Å². The Morgan fingerprint density at radius 3 is 2.43 bits per heavy atom. The zero-order valence-electron chi connectivity index (χ0n) is 9.60.